The first-order valence-electron chi connectivity index (χ1n) is 9.60. The highest BCUT2D eigenvalue weighted by atomic mass is 32.1. The van der Waals surface area contributed by atoms with Gasteiger partial charge in [-0.1, -0.05) is 30.3 Å². The van der Waals surface area contributed by atoms with Crippen LogP contribution >= 0.6 is 11.3 Å². The van der Waals surface area contributed by atoms with Crippen molar-refractivity contribution in [3.63, 3.8) is 0 Å². The molecule has 8 heteroatoms. The van der Waals surface area contributed by atoms with Crippen LogP contribution in [0.3, 0.4) is 0 Å². The topological polar surface area (TPSA) is 96.3 Å². The van der Waals surface area contributed by atoms with Gasteiger partial charge in [-0.3, -0.25) is 4.79 Å². The number of nitrogens with zero attached hydrogens (tertiary/aromatic N) is 1. The monoisotopic (exact) mass is 432 g/mol. The van der Waals surface area contributed by atoms with Gasteiger partial charge in [0.25, 0.3) is 0 Å². The van der Waals surface area contributed by atoms with Crippen LogP contribution < -0.4 is 16.0 Å². The number of urea groups is 1. The molecule has 0 fully saturated rings. The molecule has 4 aromatic rings. The fourth-order valence-electron chi connectivity index (χ4n) is 2.94. The number of aryl methyl sites for hydroxylation is 1. The third-order valence-corrected chi connectivity index (χ3v) is 5.25. The number of amides is 3. The second-order valence-corrected chi connectivity index (χ2v) is 7.70. The highest BCUT2D eigenvalue weighted by Gasteiger charge is 2.15. The Hall–Kier alpha value is -3.91. The molecule has 0 atom stereocenters. The summed E-state index contributed by atoms with van der Waals surface area (Å²) in [5.74, 6) is 0.914. The third kappa shape index (κ3) is 5.37. The molecule has 0 unspecified atom stereocenters. The van der Waals surface area contributed by atoms with E-state index in [9.17, 15) is 9.59 Å². The first-order valence-corrected chi connectivity index (χ1v) is 10.5. The highest BCUT2D eigenvalue weighted by Crippen LogP contribution is 2.26. The lowest BCUT2D eigenvalue weighted by Crippen LogP contribution is -2.19. The molecule has 3 N–H and O–H groups in total. The largest absolute Gasteiger partial charge is 0.440 e. The van der Waals surface area contributed by atoms with E-state index in [0.717, 1.165) is 4.88 Å². The Labute approximate surface area is 183 Å². The van der Waals surface area contributed by atoms with Crippen molar-refractivity contribution >= 4 is 40.3 Å². The summed E-state index contributed by atoms with van der Waals surface area (Å²) in [6, 6.07) is 19.6. The molecular weight excluding hydrogens is 412 g/mol. The van der Waals surface area contributed by atoms with Crippen LogP contribution in [0.4, 0.5) is 21.9 Å². The molecule has 2 aromatic heterocycles. The van der Waals surface area contributed by atoms with E-state index in [2.05, 4.69) is 20.9 Å². The van der Waals surface area contributed by atoms with Crippen molar-refractivity contribution < 1.29 is 14.0 Å². The van der Waals surface area contributed by atoms with Gasteiger partial charge in [-0.05, 0) is 48.7 Å². The quantitative estimate of drug-likeness (QED) is 0.373. The molecule has 0 aliphatic carbocycles. The number of hydrogen-bond acceptors (Lipinski definition) is 5. The first kappa shape index (κ1) is 20.4. The number of hydrogen-bond donors (Lipinski definition) is 3. The molecule has 156 valence electrons. The fraction of sp³-hybridized carbons (Fsp3) is 0.0870. The smallest absolute Gasteiger partial charge is 0.323 e. The summed E-state index contributed by atoms with van der Waals surface area (Å²) in [7, 11) is 0. The first-order chi connectivity index (χ1) is 15.1. The van der Waals surface area contributed by atoms with Gasteiger partial charge >= 0.3 is 6.03 Å². The Morgan fingerprint density at radius 2 is 1.61 bits per heavy atom. The summed E-state index contributed by atoms with van der Waals surface area (Å²) < 4.78 is 5.69. The van der Waals surface area contributed by atoms with E-state index in [4.69, 9.17) is 4.42 Å². The van der Waals surface area contributed by atoms with Gasteiger partial charge in [-0.15, -0.1) is 11.3 Å². The number of aromatic nitrogens is 1. The van der Waals surface area contributed by atoms with Crippen molar-refractivity contribution in [2.75, 3.05) is 16.0 Å². The van der Waals surface area contributed by atoms with E-state index in [1.165, 1.54) is 11.3 Å². The van der Waals surface area contributed by atoms with Crippen molar-refractivity contribution in [1.82, 2.24) is 4.98 Å². The van der Waals surface area contributed by atoms with E-state index in [1.807, 2.05) is 35.7 Å². The maximum absolute atomic E-state index is 12.5. The molecule has 0 aliphatic heterocycles. The second kappa shape index (κ2) is 9.27. The Morgan fingerprint density at radius 1 is 0.903 bits per heavy atom. The van der Waals surface area contributed by atoms with Gasteiger partial charge in [0.2, 0.25) is 11.8 Å². The zero-order chi connectivity index (χ0) is 21.6. The Bertz CT molecular complexity index is 1190. The van der Waals surface area contributed by atoms with Gasteiger partial charge in [0.15, 0.2) is 0 Å². The molecule has 3 amide bonds. The van der Waals surface area contributed by atoms with Crippen LogP contribution in [0.5, 0.6) is 0 Å². The van der Waals surface area contributed by atoms with Crippen molar-refractivity contribution in [1.29, 1.82) is 0 Å². The van der Waals surface area contributed by atoms with Gasteiger partial charge in [0.1, 0.15) is 5.76 Å². The van der Waals surface area contributed by atoms with E-state index < -0.39 is 0 Å². The molecule has 0 radical (unpaired) electrons. The molecular formula is C23H20N4O3S. The highest BCUT2D eigenvalue weighted by molar-refractivity contribution is 7.13. The average molecular weight is 433 g/mol. The van der Waals surface area contributed by atoms with Gasteiger partial charge < -0.3 is 20.4 Å². The number of thiophene rings is 1. The molecule has 0 saturated heterocycles. The molecule has 4 rings (SSSR count). The predicted octanol–water partition coefficient (Wildman–Crippen LogP) is 5.54. The van der Waals surface area contributed by atoms with Crippen LogP contribution in [-0.4, -0.2) is 16.9 Å². The molecule has 0 saturated carbocycles. The van der Waals surface area contributed by atoms with Crippen LogP contribution in [0.25, 0.3) is 10.8 Å². The Kier molecular flexibility index (Phi) is 6.09. The molecule has 0 spiro atoms. The minimum atomic E-state index is -0.367. The van der Waals surface area contributed by atoms with E-state index >= 15 is 0 Å². The summed E-state index contributed by atoms with van der Waals surface area (Å²) in [5.41, 5.74) is 2.41. The summed E-state index contributed by atoms with van der Waals surface area (Å²) in [6.07, 6.45) is 0.0901. The molecule has 2 aromatic carbocycles. The van der Waals surface area contributed by atoms with E-state index in [1.54, 1.807) is 43.3 Å². The van der Waals surface area contributed by atoms with Crippen LogP contribution in [0, 0.1) is 6.92 Å². The normalized spacial score (nSPS) is 10.5. The zero-order valence-corrected chi connectivity index (χ0v) is 17.5. The number of carbonyl (C=O) groups is 2. The summed E-state index contributed by atoms with van der Waals surface area (Å²) >= 11 is 1.53. The average Bonchev–Trinajstić information content (AvgIpc) is 3.39. The summed E-state index contributed by atoms with van der Waals surface area (Å²) in [5, 5.41) is 10.3. The van der Waals surface area contributed by atoms with Crippen molar-refractivity contribution in [2.45, 2.75) is 13.3 Å². The second-order valence-electron chi connectivity index (χ2n) is 6.75. The van der Waals surface area contributed by atoms with Gasteiger partial charge in [0, 0.05) is 17.1 Å². The minimum Gasteiger partial charge on any atom is -0.440 e. The van der Waals surface area contributed by atoms with Gasteiger partial charge in [0.05, 0.1) is 17.0 Å². The number of anilines is 3. The van der Waals surface area contributed by atoms with Crippen molar-refractivity contribution in [3.05, 3.63) is 83.6 Å². The lowest BCUT2D eigenvalue weighted by atomic mass is 10.2. The van der Waals surface area contributed by atoms with E-state index in [0.29, 0.717) is 34.4 Å². The summed E-state index contributed by atoms with van der Waals surface area (Å²) in [4.78, 5) is 30.0. The molecule has 7 nitrogen and oxygen atoms in total. The maximum Gasteiger partial charge on any atom is 0.323 e. The van der Waals surface area contributed by atoms with Crippen LogP contribution in [0.2, 0.25) is 0 Å². The number of nitrogens with one attached hydrogen (secondary N) is 3. The predicted molar refractivity (Wildman–Crippen MR) is 122 cm³/mol. The zero-order valence-electron chi connectivity index (χ0n) is 16.7. The number of benzene rings is 2. The van der Waals surface area contributed by atoms with Crippen LogP contribution in [0.15, 0.2) is 76.5 Å². The Balaban J connectivity index is 1.36. The third-order valence-electron chi connectivity index (χ3n) is 4.39. The Morgan fingerprint density at radius 3 is 2.35 bits per heavy atom. The number of carbonyl (C=O) groups excluding carboxylic acids is 2. The van der Waals surface area contributed by atoms with Crippen molar-refractivity contribution in [2.24, 2.45) is 0 Å². The standard InChI is InChI=1S/C23H20N4O3S/c1-15-19(27-22(30-15)20-11-6-12-31-20)14-21(28)24-17-9-5-10-18(13-17)26-23(29)25-16-7-3-2-4-8-16/h2-13H,14H2,1H3,(H,24,28)(H2,25,26,29). The molecule has 0 bridgehead atoms. The lowest BCUT2D eigenvalue weighted by Gasteiger charge is -2.10. The molecule has 0 aliphatic rings. The van der Waals surface area contributed by atoms with Gasteiger partial charge in [-0.25, -0.2) is 9.78 Å². The van der Waals surface area contributed by atoms with E-state index in [-0.39, 0.29) is 18.4 Å². The van der Waals surface area contributed by atoms with Crippen LogP contribution in [-0.2, 0) is 11.2 Å². The molecule has 31 heavy (non-hydrogen) atoms. The number of para-hydroxylation sites is 1. The van der Waals surface area contributed by atoms with Crippen molar-refractivity contribution in [3.8, 4) is 10.8 Å². The summed E-state index contributed by atoms with van der Waals surface area (Å²) in [6.45, 7) is 1.79. The van der Waals surface area contributed by atoms with Crippen LogP contribution in [0.1, 0.15) is 11.5 Å². The lowest BCUT2D eigenvalue weighted by molar-refractivity contribution is -0.115. The fourth-order valence-corrected chi connectivity index (χ4v) is 3.59. The van der Waals surface area contributed by atoms with Gasteiger partial charge in [-0.2, -0.15) is 0 Å². The SMILES string of the molecule is Cc1oc(-c2cccs2)nc1CC(=O)Nc1cccc(NC(=O)Nc2ccccc2)c1. The maximum atomic E-state index is 12.5. The number of oxazole rings is 1. The minimum absolute atomic E-state index is 0.0901. The molecule has 2 heterocycles. The number of rotatable bonds is 6.